The van der Waals surface area contributed by atoms with E-state index in [1.165, 1.54) is 11.3 Å². The fourth-order valence-corrected chi connectivity index (χ4v) is 3.78. The number of nitrogen functional groups attached to an aromatic ring is 1. The molecule has 5 aromatic rings. The maximum absolute atomic E-state index is 5.83. The molecular formula is C20H14N4OS. The maximum Gasteiger partial charge on any atom is 0.302 e. The van der Waals surface area contributed by atoms with E-state index in [4.69, 9.17) is 10.2 Å². The van der Waals surface area contributed by atoms with Gasteiger partial charge in [-0.15, -0.1) is 0 Å². The molecule has 3 aromatic carbocycles. The minimum absolute atomic E-state index is 0.428. The van der Waals surface area contributed by atoms with Crippen molar-refractivity contribution in [2.75, 3.05) is 11.1 Å². The second-order valence-electron chi connectivity index (χ2n) is 5.94. The number of hydrogen-bond donors (Lipinski definition) is 2. The van der Waals surface area contributed by atoms with Gasteiger partial charge in [0.05, 0.1) is 10.2 Å². The summed E-state index contributed by atoms with van der Waals surface area (Å²) in [5.41, 5.74) is 11.2. The Morgan fingerprint density at radius 1 is 0.846 bits per heavy atom. The number of rotatable bonds is 3. The molecule has 0 bridgehead atoms. The fourth-order valence-electron chi connectivity index (χ4n) is 2.88. The number of benzene rings is 3. The van der Waals surface area contributed by atoms with Gasteiger partial charge in [-0.05, 0) is 41.5 Å². The van der Waals surface area contributed by atoms with E-state index in [-0.39, 0.29) is 0 Å². The molecule has 6 heteroatoms. The first-order chi connectivity index (χ1) is 12.7. The Kier molecular flexibility index (Phi) is 3.36. The van der Waals surface area contributed by atoms with E-state index < -0.39 is 0 Å². The second-order valence-corrected chi connectivity index (χ2v) is 6.97. The Bertz CT molecular complexity index is 1230. The first-order valence-corrected chi connectivity index (χ1v) is 8.95. The first kappa shape index (κ1) is 14.9. The topological polar surface area (TPSA) is 77.0 Å². The summed E-state index contributed by atoms with van der Waals surface area (Å²) in [7, 11) is 0. The molecule has 126 valence electrons. The van der Waals surface area contributed by atoms with Crippen molar-refractivity contribution in [3.8, 4) is 11.1 Å². The summed E-state index contributed by atoms with van der Waals surface area (Å²) in [6, 6.07) is 22.3. The third-order valence-corrected chi connectivity index (χ3v) is 5.05. The lowest BCUT2D eigenvalue weighted by atomic mass is 10.1. The zero-order valence-electron chi connectivity index (χ0n) is 13.6. The lowest BCUT2D eigenvalue weighted by Gasteiger charge is -1.99. The smallest absolute Gasteiger partial charge is 0.302 e. The van der Waals surface area contributed by atoms with Crippen LogP contribution in [0.1, 0.15) is 0 Å². The molecule has 0 fully saturated rings. The van der Waals surface area contributed by atoms with Crippen molar-refractivity contribution < 1.29 is 4.42 Å². The summed E-state index contributed by atoms with van der Waals surface area (Å²) in [6.07, 6.45) is 0. The third-order valence-electron chi connectivity index (χ3n) is 4.12. The summed E-state index contributed by atoms with van der Waals surface area (Å²) < 4.78 is 6.83. The largest absolute Gasteiger partial charge is 0.423 e. The molecule has 26 heavy (non-hydrogen) atoms. The quantitative estimate of drug-likeness (QED) is 0.421. The Morgan fingerprint density at radius 2 is 1.73 bits per heavy atom. The minimum atomic E-state index is 0.428. The minimum Gasteiger partial charge on any atom is -0.423 e. The van der Waals surface area contributed by atoms with Crippen LogP contribution in [0.4, 0.5) is 16.8 Å². The van der Waals surface area contributed by atoms with Crippen LogP contribution in [0.3, 0.4) is 0 Å². The van der Waals surface area contributed by atoms with Gasteiger partial charge in [0.25, 0.3) is 0 Å². The average molecular weight is 358 g/mol. The van der Waals surface area contributed by atoms with Gasteiger partial charge in [-0.25, -0.2) is 4.98 Å². The van der Waals surface area contributed by atoms with Crippen molar-refractivity contribution in [3.05, 3.63) is 66.7 Å². The van der Waals surface area contributed by atoms with Gasteiger partial charge in [-0.1, -0.05) is 47.7 Å². The summed E-state index contributed by atoms with van der Waals surface area (Å²) in [5.74, 6) is 0. The molecule has 2 heterocycles. The van der Waals surface area contributed by atoms with Crippen LogP contribution < -0.4 is 11.1 Å². The molecule has 3 N–H and O–H groups in total. The van der Waals surface area contributed by atoms with E-state index in [0.717, 1.165) is 43.3 Å². The van der Waals surface area contributed by atoms with Crippen LogP contribution >= 0.6 is 11.3 Å². The zero-order valence-corrected chi connectivity index (χ0v) is 14.5. The number of nitrogens with one attached hydrogen (secondary N) is 1. The summed E-state index contributed by atoms with van der Waals surface area (Å²) in [6.45, 7) is 0. The normalized spacial score (nSPS) is 11.2. The highest BCUT2D eigenvalue weighted by atomic mass is 32.1. The van der Waals surface area contributed by atoms with E-state index in [1.54, 1.807) is 0 Å². The van der Waals surface area contributed by atoms with Crippen molar-refractivity contribution in [2.45, 2.75) is 0 Å². The molecule has 5 nitrogen and oxygen atoms in total. The van der Waals surface area contributed by atoms with Crippen LogP contribution in [0.2, 0.25) is 0 Å². The summed E-state index contributed by atoms with van der Waals surface area (Å²) >= 11 is 1.51. The fraction of sp³-hybridized carbons (Fsp3) is 0. The molecule has 0 aliphatic carbocycles. The number of nitrogens with two attached hydrogens (primary N) is 1. The molecular weight excluding hydrogens is 344 g/mol. The highest BCUT2D eigenvalue weighted by Crippen LogP contribution is 2.31. The Morgan fingerprint density at radius 3 is 2.62 bits per heavy atom. The lowest BCUT2D eigenvalue weighted by Crippen LogP contribution is -1.88. The molecule has 0 radical (unpaired) electrons. The molecule has 0 aliphatic heterocycles. The Balaban J connectivity index is 1.48. The molecule has 0 amide bonds. The highest BCUT2D eigenvalue weighted by molar-refractivity contribution is 7.22. The van der Waals surface area contributed by atoms with Crippen LogP contribution in [0.25, 0.3) is 32.4 Å². The Hall–Kier alpha value is -3.38. The van der Waals surface area contributed by atoms with Gasteiger partial charge in [0, 0.05) is 5.69 Å². The SMILES string of the molecule is Nc1ccc2nc(Nc3nc4cc(-c5ccccc5)ccc4o3)sc2c1. The van der Waals surface area contributed by atoms with Gasteiger partial charge >= 0.3 is 6.01 Å². The number of anilines is 3. The highest BCUT2D eigenvalue weighted by Gasteiger charge is 2.10. The number of nitrogens with zero attached hydrogens (tertiary/aromatic N) is 2. The van der Waals surface area contributed by atoms with Gasteiger partial charge in [0.1, 0.15) is 5.52 Å². The zero-order chi connectivity index (χ0) is 17.5. The van der Waals surface area contributed by atoms with Gasteiger partial charge < -0.3 is 10.2 Å². The van der Waals surface area contributed by atoms with Crippen LogP contribution in [-0.2, 0) is 0 Å². The van der Waals surface area contributed by atoms with Gasteiger partial charge in [-0.2, -0.15) is 4.98 Å². The van der Waals surface area contributed by atoms with E-state index >= 15 is 0 Å². The molecule has 0 spiro atoms. The second kappa shape index (κ2) is 5.86. The molecule has 0 atom stereocenters. The number of oxazole rings is 1. The molecule has 2 aromatic heterocycles. The van der Waals surface area contributed by atoms with Crippen LogP contribution in [-0.4, -0.2) is 9.97 Å². The average Bonchev–Trinajstić information content (AvgIpc) is 3.24. The van der Waals surface area contributed by atoms with E-state index in [9.17, 15) is 0 Å². The van der Waals surface area contributed by atoms with Crippen LogP contribution in [0.15, 0.2) is 71.1 Å². The molecule has 0 unspecified atom stereocenters. The van der Waals surface area contributed by atoms with Crippen LogP contribution in [0.5, 0.6) is 0 Å². The van der Waals surface area contributed by atoms with E-state index in [2.05, 4.69) is 27.4 Å². The third kappa shape index (κ3) is 2.66. The van der Waals surface area contributed by atoms with E-state index in [1.807, 2.05) is 54.6 Å². The van der Waals surface area contributed by atoms with Crippen molar-refractivity contribution in [1.82, 2.24) is 9.97 Å². The van der Waals surface area contributed by atoms with Crippen molar-refractivity contribution in [2.24, 2.45) is 0 Å². The maximum atomic E-state index is 5.83. The number of aromatic nitrogens is 2. The number of thiazole rings is 1. The molecule has 0 saturated carbocycles. The van der Waals surface area contributed by atoms with Gasteiger partial charge in [-0.3, -0.25) is 5.32 Å². The predicted molar refractivity (Wildman–Crippen MR) is 107 cm³/mol. The summed E-state index contributed by atoms with van der Waals surface area (Å²) in [4.78, 5) is 9.08. The Labute approximate surface area is 153 Å². The van der Waals surface area contributed by atoms with E-state index in [0.29, 0.717) is 6.01 Å². The van der Waals surface area contributed by atoms with Crippen LogP contribution in [0, 0.1) is 0 Å². The first-order valence-electron chi connectivity index (χ1n) is 8.14. The number of fused-ring (bicyclic) bond motifs is 2. The molecule has 0 aliphatic rings. The number of hydrogen-bond acceptors (Lipinski definition) is 6. The predicted octanol–water partition coefficient (Wildman–Crippen LogP) is 5.43. The molecule has 5 rings (SSSR count). The standard InChI is InChI=1S/C20H14N4OS/c21-14-7-8-15-18(11-14)26-20(23-15)24-19-22-16-10-13(6-9-17(16)25-19)12-4-2-1-3-5-12/h1-11H,21H2,(H,22,23,24). The van der Waals surface area contributed by atoms with Crippen molar-refractivity contribution >= 4 is 49.5 Å². The van der Waals surface area contributed by atoms with Crippen molar-refractivity contribution in [3.63, 3.8) is 0 Å². The summed E-state index contributed by atoms with van der Waals surface area (Å²) in [5, 5.41) is 3.87. The van der Waals surface area contributed by atoms with Crippen molar-refractivity contribution in [1.29, 1.82) is 0 Å². The molecule has 0 saturated heterocycles. The monoisotopic (exact) mass is 358 g/mol. The van der Waals surface area contributed by atoms with Gasteiger partial charge in [0.15, 0.2) is 10.7 Å². The van der Waals surface area contributed by atoms with Gasteiger partial charge in [0.2, 0.25) is 0 Å². The lowest BCUT2D eigenvalue weighted by molar-refractivity contribution is 0.623.